The van der Waals surface area contributed by atoms with Crippen molar-refractivity contribution in [2.24, 2.45) is 11.8 Å². The molecule has 2 heterocycles. The molecule has 1 aliphatic rings. The number of hydrogen-bond acceptors (Lipinski definition) is 7. The van der Waals surface area contributed by atoms with Gasteiger partial charge in [-0.25, -0.2) is 13.2 Å². The van der Waals surface area contributed by atoms with Gasteiger partial charge in [0, 0.05) is 44.3 Å². The average molecular weight is 716 g/mol. The van der Waals surface area contributed by atoms with Gasteiger partial charge in [-0.15, -0.1) is 0 Å². The molecule has 0 unspecified atom stereocenters. The number of phenols is 1. The monoisotopic (exact) mass is 715 g/mol. The minimum absolute atomic E-state index is 0.00531. The molecule has 0 aliphatic carbocycles. The maximum absolute atomic E-state index is 14.2. The summed E-state index contributed by atoms with van der Waals surface area (Å²) in [5.74, 6) is -0.742. The second-order valence-electron chi connectivity index (χ2n) is 14.2. The molecule has 3 N–H and O–H groups in total. The van der Waals surface area contributed by atoms with Crippen molar-refractivity contribution in [3.8, 4) is 5.75 Å². The van der Waals surface area contributed by atoms with Crippen molar-refractivity contribution < 1.29 is 28.2 Å². The molecular weight excluding hydrogens is 667 g/mol. The summed E-state index contributed by atoms with van der Waals surface area (Å²) in [5.41, 5.74) is 3.03. The van der Waals surface area contributed by atoms with Crippen molar-refractivity contribution >= 4 is 32.9 Å². The van der Waals surface area contributed by atoms with Crippen molar-refractivity contribution in [2.75, 3.05) is 26.2 Å². The Balaban J connectivity index is 1.36. The minimum Gasteiger partial charge on any atom is -0.508 e. The first-order chi connectivity index (χ1) is 24.2. The van der Waals surface area contributed by atoms with Gasteiger partial charge in [-0.05, 0) is 72.2 Å². The maximum atomic E-state index is 14.2. The SMILES string of the molecule is Cc1cc(S(=O)(=O)N(CC(C)C)C[C@H](O)[C@H](Cc2ccccc2)NC(=O)[C@H](C(C)C)N2CCN(Cc3cnc4ccccc4c3)C2=O)ccc1O. The first-order valence-corrected chi connectivity index (χ1v) is 18.9. The van der Waals surface area contributed by atoms with E-state index in [0.717, 1.165) is 22.0 Å². The molecule has 1 aromatic heterocycles. The number of carbonyl (C=O) groups excluding carboxylic acids is 2. The fourth-order valence-corrected chi connectivity index (χ4v) is 8.31. The van der Waals surface area contributed by atoms with Crippen LogP contribution in [0.3, 0.4) is 0 Å². The molecule has 1 fully saturated rings. The van der Waals surface area contributed by atoms with Gasteiger partial charge in [-0.3, -0.25) is 9.78 Å². The number of aromatic nitrogens is 1. The highest BCUT2D eigenvalue weighted by atomic mass is 32.2. The number of aromatic hydroxyl groups is 1. The molecule has 11 nitrogen and oxygen atoms in total. The number of para-hydroxylation sites is 1. The number of benzene rings is 3. The molecule has 51 heavy (non-hydrogen) atoms. The Bertz CT molecular complexity index is 1940. The molecule has 4 aromatic rings. The number of hydrogen-bond donors (Lipinski definition) is 3. The zero-order valence-electron chi connectivity index (χ0n) is 29.9. The first kappa shape index (κ1) is 37.7. The fourth-order valence-electron chi connectivity index (χ4n) is 6.60. The summed E-state index contributed by atoms with van der Waals surface area (Å²) in [5, 5.41) is 25.8. The molecule has 1 aliphatic heterocycles. The van der Waals surface area contributed by atoms with Crippen molar-refractivity contribution in [2.45, 2.75) is 70.7 Å². The standard InChI is InChI=1S/C39H49N5O6S/c1-26(2)23-43(51(49,50)32-15-16-35(45)28(5)19-32)25-36(46)34(21-29-11-7-6-8-12-29)41-38(47)37(27(3)4)44-18-17-42(39(44)48)24-30-20-31-13-9-10-14-33(31)40-22-30/h6-16,19-20,22,26-27,34,36-37,45-46H,17-18,21,23-25H2,1-5H3,(H,41,47)/t34-,36-,37-/m0/s1. The van der Waals surface area contributed by atoms with E-state index in [4.69, 9.17) is 0 Å². The summed E-state index contributed by atoms with van der Waals surface area (Å²) >= 11 is 0. The molecule has 0 saturated carbocycles. The average Bonchev–Trinajstić information content (AvgIpc) is 3.43. The summed E-state index contributed by atoms with van der Waals surface area (Å²) in [4.78, 5) is 35.8. The zero-order chi connectivity index (χ0) is 36.9. The third kappa shape index (κ3) is 9.05. The largest absolute Gasteiger partial charge is 0.508 e. The molecule has 12 heteroatoms. The Morgan fingerprint density at radius 1 is 0.941 bits per heavy atom. The van der Waals surface area contributed by atoms with E-state index < -0.39 is 34.1 Å². The third-order valence-electron chi connectivity index (χ3n) is 9.24. The van der Waals surface area contributed by atoms with Crippen LogP contribution < -0.4 is 5.32 Å². The maximum Gasteiger partial charge on any atom is 0.321 e. The number of fused-ring (bicyclic) bond motifs is 1. The van der Waals surface area contributed by atoms with Gasteiger partial charge in [0.2, 0.25) is 15.9 Å². The number of phenolic OH excluding ortho intramolecular Hbond substituents is 1. The minimum atomic E-state index is -4.07. The number of nitrogens with zero attached hydrogens (tertiary/aromatic N) is 4. The van der Waals surface area contributed by atoms with Gasteiger partial charge >= 0.3 is 6.03 Å². The van der Waals surface area contributed by atoms with Crippen LogP contribution in [0.1, 0.15) is 44.4 Å². The van der Waals surface area contributed by atoms with E-state index in [2.05, 4.69) is 10.3 Å². The predicted molar refractivity (Wildman–Crippen MR) is 197 cm³/mol. The van der Waals surface area contributed by atoms with Gasteiger partial charge < -0.3 is 25.3 Å². The normalized spacial score (nSPS) is 15.6. The van der Waals surface area contributed by atoms with Crippen LogP contribution in [0.4, 0.5) is 4.79 Å². The number of carbonyl (C=O) groups is 2. The van der Waals surface area contributed by atoms with E-state index in [9.17, 15) is 28.2 Å². The molecule has 1 saturated heterocycles. The van der Waals surface area contributed by atoms with Gasteiger partial charge in [0.15, 0.2) is 0 Å². The summed E-state index contributed by atoms with van der Waals surface area (Å²) < 4.78 is 29.0. The highest BCUT2D eigenvalue weighted by Gasteiger charge is 2.40. The van der Waals surface area contributed by atoms with Crippen LogP contribution in [0.2, 0.25) is 0 Å². The number of rotatable bonds is 15. The van der Waals surface area contributed by atoms with E-state index in [1.807, 2.05) is 88.4 Å². The molecular formula is C39H49N5O6S. The molecule has 3 amide bonds. The lowest BCUT2D eigenvalue weighted by molar-refractivity contribution is -0.128. The van der Waals surface area contributed by atoms with Crippen molar-refractivity contribution in [1.82, 2.24) is 24.4 Å². The number of aryl methyl sites for hydroxylation is 1. The molecule has 272 valence electrons. The summed E-state index contributed by atoms with van der Waals surface area (Å²) in [6, 6.07) is 21.3. The number of nitrogens with one attached hydrogen (secondary N) is 1. The third-order valence-corrected chi connectivity index (χ3v) is 11.1. The Labute approximate surface area is 301 Å². The summed E-state index contributed by atoms with van der Waals surface area (Å²) in [7, 11) is -4.07. The van der Waals surface area contributed by atoms with Gasteiger partial charge in [-0.1, -0.05) is 76.2 Å². The molecule has 0 spiro atoms. The number of aliphatic hydroxyl groups is 1. The van der Waals surface area contributed by atoms with Gasteiger partial charge in [-0.2, -0.15) is 4.31 Å². The number of urea groups is 1. The Hall–Kier alpha value is -4.52. The van der Waals surface area contributed by atoms with Crippen molar-refractivity contribution in [3.63, 3.8) is 0 Å². The second-order valence-corrected chi connectivity index (χ2v) is 16.1. The molecule has 3 aromatic carbocycles. The van der Waals surface area contributed by atoms with E-state index in [-0.39, 0.29) is 48.0 Å². The van der Waals surface area contributed by atoms with Crippen LogP contribution in [0.5, 0.6) is 5.75 Å². The fraction of sp³-hybridized carbons (Fsp3) is 0.410. The summed E-state index contributed by atoms with van der Waals surface area (Å²) in [6.07, 6.45) is 0.716. The van der Waals surface area contributed by atoms with Crippen LogP contribution in [0.15, 0.2) is 90.0 Å². The molecule has 5 rings (SSSR count). The number of aliphatic hydroxyl groups excluding tert-OH is 1. The molecule has 3 atom stereocenters. The van der Waals surface area contributed by atoms with E-state index in [1.54, 1.807) is 22.9 Å². The van der Waals surface area contributed by atoms with Crippen LogP contribution in [-0.4, -0.2) is 94.0 Å². The lowest BCUT2D eigenvalue weighted by Crippen LogP contribution is -2.57. The number of sulfonamides is 1. The Morgan fingerprint density at radius 3 is 2.33 bits per heavy atom. The van der Waals surface area contributed by atoms with E-state index >= 15 is 0 Å². The predicted octanol–water partition coefficient (Wildman–Crippen LogP) is 4.95. The van der Waals surface area contributed by atoms with Gasteiger partial charge in [0.25, 0.3) is 0 Å². The lowest BCUT2D eigenvalue weighted by atomic mass is 9.97. The van der Waals surface area contributed by atoms with Gasteiger partial charge in [0.05, 0.1) is 22.6 Å². The van der Waals surface area contributed by atoms with E-state index in [1.165, 1.54) is 22.5 Å². The number of pyridine rings is 1. The second kappa shape index (κ2) is 16.2. The summed E-state index contributed by atoms with van der Waals surface area (Å²) in [6.45, 7) is 10.2. The highest BCUT2D eigenvalue weighted by molar-refractivity contribution is 7.89. The Morgan fingerprint density at radius 2 is 1.65 bits per heavy atom. The first-order valence-electron chi connectivity index (χ1n) is 17.5. The topological polar surface area (TPSA) is 143 Å². The quantitative estimate of drug-likeness (QED) is 0.158. The molecule has 0 bridgehead atoms. The van der Waals surface area contributed by atoms with Gasteiger partial charge in [0.1, 0.15) is 11.8 Å². The molecule has 0 radical (unpaired) electrons. The van der Waals surface area contributed by atoms with Crippen LogP contribution in [0.25, 0.3) is 10.9 Å². The van der Waals surface area contributed by atoms with Crippen LogP contribution in [-0.2, 0) is 27.8 Å². The lowest BCUT2D eigenvalue weighted by Gasteiger charge is -2.34. The zero-order valence-corrected chi connectivity index (χ0v) is 30.8. The Kier molecular flexibility index (Phi) is 12.0. The van der Waals surface area contributed by atoms with Crippen LogP contribution >= 0.6 is 0 Å². The number of amides is 3. The van der Waals surface area contributed by atoms with Crippen molar-refractivity contribution in [1.29, 1.82) is 0 Å². The smallest absolute Gasteiger partial charge is 0.321 e. The highest BCUT2D eigenvalue weighted by Crippen LogP contribution is 2.26. The van der Waals surface area contributed by atoms with Crippen molar-refractivity contribution in [3.05, 3.63) is 102 Å². The van der Waals surface area contributed by atoms with E-state index in [0.29, 0.717) is 25.2 Å². The van der Waals surface area contributed by atoms with Crippen LogP contribution in [0, 0.1) is 18.8 Å².